The van der Waals surface area contributed by atoms with Gasteiger partial charge in [-0.3, -0.25) is 9.36 Å². The third-order valence-electron chi connectivity index (χ3n) is 7.54. The van der Waals surface area contributed by atoms with Gasteiger partial charge in [-0.05, 0) is 79.1 Å². The minimum atomic E-state index is -0.716. The standard InChI is InChI=1S/C36H31ClN2O5S/c1-4-42-27-17-12-25(13-18-27)33-32(35(41)43-5-2)22(3)38-36-39(33)34(40)31(45-36)20-29-28-9-7-6-8-24(28)14-19-30(29)44-21-23-10-15-26(37)16-11-23/h6-20,33H,4-5,21H2,1-3H3/b31-20-/t33-/m0/s1. The summed E-state index contributed by atoms with van der Waals surface area (Å²) < 4.78 is 19.4. The molecule has 2 heterocycles. The Kier molecular flexibility index (Phi) is 8.87. The summed E-state index contributed by atoms with van der Waals surface area (Å²) in [6.07, 6.45) is 1.86. The number of benzene rings is 4. The van der Waals surface area contributed by atoms with E-state index in [4.69, 9.17) is 30.8 Å². The average Bonchev–Trinajstić information content (AvgIpc) is 3.35. The predicted molar refractivity (Wildman–Crippen MR) is 178 cm³/mol. The number of carbonyl (C=O) groups excluding carboxylic acids is 1. The Morgan fingerprint density at radius 3 is 2.44 bits per heavy atom. The number of allylic oxidation sites excluding steroid dienone is 1. The van der Waals surface area contributed by atoms with Gasteiger partial charge in [-0.1, -0.05) is 77.5 Å². The SMILES string of the molecule is CCOC(=O)C1=C(C)N=c2s/c(=C\c3c(OCc4ccc(Cl)cc4)ccc4ccccc34)c(=O)n2[C@H]1c1ccc(OCC)cc1. The highest BCUT2D eigenvalue weighted by Gasteiger charge is 2.33. The van der Waals surface area contributed by atoms with Crippen LogP contribution in [0.1, 0.15) is 43.5 Å². The van der Waals surface area contributed by atoms with Crippen molar-refractivity contribution in [2.75, 3.05) is 13.2 Å². The lowest BCUT2D eigenvalue weighted by Crippen LogP contribution is -2.39. The van der Waals surface area contributed by atoms with Crippen molar-refractivity contribution in [3.8, 4) is 11.5 Å². The molecule has 7 nitrogen and oxygen atoms in total. The van der Waals surface area contributed by atoms with E-state index in [1.54, 1.807) is 18.4 Å². The molecule has 5 aromatic rings. The summed E-state index contributed by atoms with van der Waals surface area (Å²) in [5.74, 6) is 0.842. The lowest BCUT2D eigenvalue weighted by Gasteiger charge is -2.24. The van der Waals surface area contributed by atoms with Gasteiger partial charge in [-0.2, -0.15) is 0 Å². The van der Waals surface area contributed by atoms with Gasteiger partial charge in [0.15, 0.2) is 4.80 Å². The van der Waals surface area contributed by atoms with E-state index >= 15 is 0 Å². The molecule has 0 bridgehead atoms. The summed E-state index contributed by atoms with van der Waals surface area (Å²) in [7, 11) is 0. The molecule has 4 aromatic carbocycles. The van der Waals surface area contributed by atoms with Crippen LogP contribution in [0.2, 0.25) is 5.02 Å². The average molecular weight is 639 g/mol. The highest BCUT2D eigenvalue weighted by molar-refractivity contribution is 7.07. The summed E-state index contributed by atoms with van der Waals surface area (Å²) in [6, 6.07) is 26.1. The second-order valence-corrected chi connectivity index (χ2v) is 11.9. The molecule has 45 heavy (non-hydrogen) atoms. The lowest BCUT2D eigenvalue weighted by atomic mass is 9.96. The van der Waals surface area contributed by atoms with Crippen LogP contribution in [0.15, 0.2) is 106 Å². The molecule has 1 aliphatic rings. The Morgan fingerprint density at radius 2 is 1.71 bits per heavy atom. The van der Waals surface area contributed by atoms with E-state index in [1.807, 2.05) is 97.9 Å². The molecular formula is C36H31ClN2O5S. The fourth-order valence-corrected chi connectivity index (χ4v) is 6.60. The van der Waals surface area contributed by atoms with Gasteiger partial charge in [-0.25, -0.2) is 9.79 Å². The Labute approximate surface area is 269 Å². The first-order valence-corrected chi connectivity index (χ1v) is 15.9. The van der Waals surface area contributed by atoms with Gasteiger partial charge in [-0.15, -0.1) is 0 Å². The summed E-state index contributed by atoms with van der Waals surface area (Å²) in [6.45, 7) is 6.51. The van der Waals surface area contributed by atoms with Crippen LogP contribution in [-0.4, -0.2) is 23.8 Å². The molecule has 0 unspecified atom stereocenters. The number of aromatic nitrogens is 1. The first-order chi connectivity index (χ1) is 21.9. The van der Waals surface area contributed by atoms with Crippen molar-refractivity contribution < 1.29 is 19.0 Å². The van der Waals surface area contributed by atoms with Crippen LogP contribution < -0.4 is 24.4 Å². The summed E-state index contributed by atoms with van der Waals surface area (Å²) in [5.41, 5.74) is 3.08. The number of hydrogen-bond acceptors (Lipinski definition) is 7. The van der Waals surface area contributed by atoms with Crippen molar-refractivity contribution in [2.45, 2.75) is 33.4 Å². The normalized spacial score (nSPS) is 14.7. The molecule has 0 spiro atoms. The Balaban J connectivity index is 1.50. The number of nitrogens with zero attached hydrogens (tertiary/aromatic N) is 2. The van der Waals surface area contributed by atoms with Gasteiger partial charge < -0.3 is 14.2 Å². The molecule has 0 saturated heterocycles. The maximum absolute atomic E-state index is 14.3. The Bertz CT molecular complexity index is 2100. The van der Waals surface area contributed by atoms with Crippen molar-refractivity contribution in [1.29, 1.82) is 0 Å². The van der Waals surface area contributed by atoms with Gasteiger partial charge in [0.2, 0.25) is 0 Å². The second kappa shape index (κ2) is 13.1. The van der Waals surface area contributed by atoms with Crippen LogP contribution in [-0.2, 0) is 16.1 Å². The van der Waals surface area contributed by atoms with Gasteiger partial charge in [0, 0.05) is 10.6 Å². The first kappa shape index (κ1) is 30.4. The molecule has 0 radical (unpaired) electrons. The predicted octanol–water partition coefficient (Wildman–Crippen LogP) is 6.58. The second-order valence-electron chi connectivity index (χ2n) is 10.4. The summed E-state index contributed by atoms with van der Waals surface area (Å²) in [4.78, 5) is 32.8. The molecule has 9 heteroatoms. The van der Waals surface area contributed by atoms with Gasteiger partial charge in [0.25, 0.3) is 5.56 Å². The van der Waals surface area contributed by atoms with Gasteiger partial charge in [0.1, 0.15) is 18.1 Å². The minimum absolute atomic E-state index is 0.204. The fraction of sp³-hybridized carbons (Fsp3) is 0.194. The molecule has 1 aliphatic heterocycles. The number of carbonyl (C=O) groups is 1. The lowest BCUT2D eigenvalue weighted by molar-refractivity contribution is -0.139. The molecule has 0 N–H and O–H groups in total. The zero-order chi connectivity index (χ0) is 31.5. The summed E-state index contributed by atoms with van der Waals surface area (Å²) >= 11 is 7.35. The van der Waals surface area contributed by atoms with E-state index in [9.17, 15) is 9.59 Å². The minimum Gasteiger partial charge on any atom is -0.494 e. The van der Waals surface area contributed by atoms with Crippen molar-refractivity contribution in [1.82, 2.24) is 4.57 Å². The Morgan fingerprint density at radius 1 is 0.956 bits per heavy atom. The Hall–Kier alpha value is -4.66. The van der Waals surface area contributed by atoms with Gasteiger partial charge >= 0.3 is 5.97 Å². The zero-order valence-electron chi connectivity index (χ0n) is 25.1. The van der Waals surface area contributed by atoms with Crippen molar-refractivity contribution in [2.24, 2.45) is 4.99 Å². The number of halogens is 1. The monoisotopic (exact) mass is 638 g/mol. The smallest absolute Gasteiger partial charge is 0.338 e. The largest absolute Gasteiger partial charge is 0.494 e. The van der Waals surface area contributed by atoms with Crippen LogP contribution >= 0.6 is 22.9 Å². The van der Waals surface area contributed by atoms with E-state index in [1.165, 1.54) is 11.3 Å². The molecule has 228 valence electrons. The molecule has 0 aliphatic carbocycles. The van der Waals surface area contributed by atoms with Crippen LogP contribution in [0, 0.1) is 0 Å². The molecule has 0 amide bonds. The van der Waals surface area contributed by atoms with E-state index in [2.05, 4.69) is 0 Å². The number of thiazole rings is 1. The maximum Gasteiger partial charge on any atom is 0.338 e. The van der Waals surface area contributed by atoms with Crippen LogP contribution in [0.4, 0.5) is 0 Å². The highest BCUT2D eigenvalue weighted by atomic mass is 35.5. The van der Waals surface area contributed by atoms with Crippen molar-refractivity contribution >= 4 is 45.8 Å². The molecule has 1 aromatic heterocycles. The topological polar surface area (TPSA) is 79.1 Å². The number of rotatable bonds is 9. The highest BCUT2D eigenvalue weighted by Crippen LogP contribution is 2.33. The van der Waals surface area contributed by atoms with Gasteiger partial charge in [0.05, 0.1) is 35.1 Å². The van der Waals surface area contributed by atoms with Crippen molar-refractivity contribution in [3.05, 3.63) is 138 Å². The quantitative estimate of drug-likeness (QED) is 0.170. The van der Waals surface area contributed by atoms with E-state index in [0.717, 1.165) is 27.5 Å². The molecular weight excluding hydrogens is 608 g/mol. The fourth-order valence-electron chi connectivity index (χ4n) is 5.44. The van der Waals surface area contributed by atoms with Crippen molar-refractivity contribution in [3.63, 3.8) is 0 Å². The summed E-state index contributed by atoms with van der Waals surface area (Å²) in [5, 5.41) is 2.62. The molecule has 6 rings (SSSR count). The number of hydrogen-bond donors (Lipinski definition) is 0. The molecule has 0 fully saturated rings. The molecule has 1 atom stereocenters. The zero-order valence-corrected chi connectivity index (χ0v) is 26.7. The maximum atomic E-state index is 14.3. The number of fused-ring (bicyclic) bond motifs is 2. The first-order valence-electron chi connectivity index (χ1n) is 14.7. The van der Waals surface area contributed by atoms with Crippen LogP contribution in [0.25, 0.3) is 16.8 Å². The van der Waals surface area contributed by atoms with E-state index in [-0.39, 0.29) is 12.2 Å². The van der Waals surface area contributed by atoms with Crippen LogP contribution in [0.3, 0.4) is 0 Å². The number of esters is 1. The van der Waals surface area contributed by atoms with Crippen LogP contribution in [0.5, 0.6) is 11.5 Å². The van der Waals surface area contributed by atoms with E-state index in [0.29, 0.717) is 50.3 Å². The molecule has 0 saturated carbocycles. The third-order valence-corrected chi connectivity index (χ3v) is 8.77. The third kappa shape index (κ3) is 6.16. The number of ether oxygens (including phenoxy) is 3. The van der Waals surface area contributed by atoms with E-state index < -0.39 is 12.0 Å².